The zero-order valence-corrected chi connectivity index (χ0v) is 12.7. The molecule has 1 N–H and O–H groups in total. The normalized spacial score (nSPS) is 9.67. The van der Waals surface area contributed by atoms with Crippen molar-refractivity contribution in [3.63, 3.8) is 0 Å². The molecule has 0 saturated carbocycles. The Balaban J connectivity index is 0.00000112. The Hall–Kier alpha value is -0.618. The molecule has 0 aliphatic rings. The van der Waals surface area contributed by atoms with Crippen molar-refractivity contribution in [1.82, 2.24) is 0 Å². The summed E-state index contributed by atoms with van der Waals surface area (Å²) in [5, 5.41) is 11.0. The van der Waals surface area contributed by atoms with Crippen molar-refractivity contribution in [2.45, 2.75) is 0 Å². The Morgan fingerprint density at radius 1 is 1.20 bits per heavy atom. The van der Waals surface area contributed by atoms with Crippen LogP contribution in [0.1, 0.15) is 10.4 Å². The first kappa shape index (κ1) is 12.5. The Morgan fingerprint density at radius 3 is 2.60 bits per heavy atom. The first-order valence-corrected chi connectivity index (χ1v) is 4.48. The largest absolute Gasteiger partial charge is 0.478 e. The van der Waals surface area contributed by atoms with Crippen LogP contribution in [0, 0.1) is 0 Å². The number of carboxylic acid groups (broad SMARTS) is 1. The summed E-state index contributed by atoms with van der Waals surface area (Å²) in [7, 11) is 0. The van der Waals surface area contributed by atoms with E-state index in [1.807, 2.05) is 12.1 Å². The van der Waals surface area contributed by atoms with E-state index in [0.717, 1.165) is 5.39 Å². The van der Waals surface area contributed by atoms with Gasteiger partial charge < -0.3 is 5.11 Å². The van der Waals surface area contributed by atoms with Crippen LogP contribution in [0.3, 0.4) is 0 Å². The molecule has 0 atom stereocenters. The standard InChI is InChI=1S/C11H7ClO2.Cd/c12-8-5-4-7-2-1-3-9(11(13)14)10(7)6-8;/h1-6H,(H,13,14);. The van der Waals surface area contributed by atoms with Gasteiger partial charge >= 0.3 is 5.97 Å². The van der Waals surface area contributed by atoms with Crippen LogP contribution in [0.15, 0.2) is 36.4 Å². The van der Waals surface area contributed by atoms with E-state index in [0.29, 0.717) is 10.4 Å². The van der Waals surface area contributed by atoms with Crippen molar-refractivity contribution >= 4 is 28.3 Å². The van der Waals surface area contributed by atoms with Crippen molar-refractivity contribution in [3.05, 3.63) is 47.0 Å². The van der Waals surface area contributed by atoms with Crippen molar-refractivity contribution in [2.24, 2.45) is 0 Å². The van der Waals surface area contributed by atoms with E-state index < -0.39 is 5.97 Å². The average molecular weight is 319 g/mol. The summed E-state index contributed by atoms with van der Waals surface area (Å²) in [6, 6.07) is 10.4. The van der Waals surface area contributed by atoms with Crippen molar-refractivity contribution in [3.8, 4) is 0 Å². The first-order chi connectivity index (χ1) is 6.68. The molecule has 2 aromatic rings. The molecule has 0 saturated heterocycles. The molecule has 0 aliphatic carbocycles. The van der Waals surface area contributed by atoms with Gasteiger partial charge in [0.15, 0.2) is 0 Å². The fraction of sp³-hybridized carbons (Fsp3) is 0. The Morgan fingerprint density at radius 2 is 1.93 bits per heavy atom. The maximum Gasteiger partial charge on any atom is 0.336 e. The number of rotatable bonds is 1. The minimum absolute atomic E-state index is 0. The number of aromatic carboxylic acids is 1. The maximum absolute atomic E-state index is 10.9. The Kier molecular flexibility index (Phi) is 4.10. The van der Waals surface area contributed by atoms with E-state index in [2.05, 4.69) is 0 Å². The van der Waals surface area contributed by atoms with E-state index in [-0.39, 0.29) is 32.9 Å². The fourth-order valence-corrected chi connectivity index (χ4v) is 1.60. The molecule has 72 valence electrons. The molecule has 0 radical (unpaired) electrons. The van der Waals surface area contributed by atoms with Gasteiger partial charge in [0.1, 0.15) is 0 Å². The van der Waals surface area contributed by atoms with Gasteiger partial charge in [0, 0.05) is 32.3 Å². The van der Waals surface area contributed by atoms with Crippen LogP contribution in [0.5, 0.6) is 0 Å². The van der Waals surface area contributed by atoms with Crippen LogP contribution in [0.25, 0.3) is 10.8 Å². The van der Waals surface area contributed by atoms with Crippen LogP contribution in [0.4, 0.5) is 0 Å². The SMILES string of the molecule is O=C(O)c1cccc2ccc(Cl)cc12.[Cd]. The average Bonchev–Trinajstić information content (AvgIpc) is 2.16. The van der Waals surface area contributed by atoms with Gasteiger partial charge in [-0.05, 0) is 29.0 Å². The molecule has 15 heavy (non-hydrogen) atoms. The molecular weight excluding hydrogens is 312 g/mol. The van der Waals surface area contributed by atoms with Crippen LogP contribution in [-0.4, -0.2) is 11.1 Å². The molecule has 0 amide bonds. The second kappa shape index (κ2) is 4.94. The number of carboxylic acids is 1. The summed E-state index contributed by atoms with van der Waals surface area (Å²) in [4.78, 5) is 10.9. The van der Waals surface area contributed by atoms with Crippen LogP contribution >= 0.6 is 11.6 Å². The van der Waals surface area contributed by atoms with E-state index in [1.165, 1.54) is 0 Å². The first-order valence-electron chi connectivity index (χ1n) is 4.10. The van der Waals surface area contributed by atoms with E-state index >= 15 is 0 Å². The van der Waals surface area contributed by atoms with Gasteiger partial charge in [0.2, 0.25) is 0 Å². The molecule has 2 rings (SSSR count). The predicted octanol–water partition coefficient (Wildman–Crippen LogP) is 3.19. The monoisotopic (exact) mass is 320 g/mol. The van der Waals surface area contributed by atoms with E-state index in [4.69, 9.17) is 16.7 Å². The molecule has 0 aliphatic heterocycles. The summed E-state index contributed by atoms with van der Waals surface area (Å²) in [5.74, 6) is -0.933. The van der Waals surface area contributed by atoms with Gasteiger partial charge in [-0.25, -0.2) is 4.79 Å². The fourth-order valence-electron chi connectivity index (χ4n) is 1.43. The van der Waals surface area contributed by atoms with Gasteiger partial charge in [-0.15, -0.1) is 0 Å². The van der Waals surface area contributed by atoms with Crippen molar-refractivity contribution in [1.29, 1.82) is 0 Å². The molecule has 0 heterocycles. The summed E-state index contributed by atoms with van der Waals surface area (Å²) in [5.41, 5.74) is 0.282. The molecule has 0 bridgehead atoms. The number of halogens is 1. The molecular formula is C11H7CdClO2. The van der Waals surface area contributed by atoms with E-state index in [1.54, 1.807) is 24.3 Å². The second-order valence-corrected chi connectivity index (χ2v) is 3.41. The Bertz CT molecular complexity index is 511. The minimum Gasteiger partial charge on any atom is -0.478 e. The number of benzene rings is 2. The van der Waals surface area contributed by atoms with Crippen LogP contribution < -0.4 is 0 Å². The molecule has 2 nitrogen and oxygen atoms in total. The number of hydrogen-bond acceptors (Lipinski definition) is 1. The molecule has 4 heteroatoms. The molecule has 2 aromatic carbocycles. The molecule has 0 aromatic heterocycles. The molecule has 0 unspecified atom stereocenters. The van der Waals surface area contributed by atoms with Gasteiger partial charge in [-0.1, -0.05) is 29.8 Å². The molecule has 0 spiro atoms. The third-order valence-electron chi connectivity index (χ3n) is 2.07. The third kappa shape index (κ3) is 2.49. The summed E-state index contributed by atoms with van der Waals surface area (Å²) in [6.45, 7) is 0. The van der Waals surface area contributed by atoms with E-state index in [9.17, 15) is 4.79 Å². The third-order valence-corrected chi connectivity index (χ3v) is 2.31. The summed E-state index contributed by atoms with van der Waals surface area (Å²) >= 11 is 5.80. The quantitative estimate of drug-likeness (QED) is 0.820. The topological polar surface area (TPSA) is 37.3 Å². The summed E-state index contributed by atoms with van der Waals surface area (Å²) in [6.07, 6.45) is 0. The van der Waals surface area contributed by atoms with Crippen molar-refractivity contribution in [2.75, 3.05) is 0 Å². The van der Waals surface area contributed by atoms with Gasteiger partial charge in [-0.2, -0.15) is 0 Å². The number of hydrogen-bond donors (Lipinski definition) is 1. The van der Waals surface area contributed by atoms with Crippen molar-refractivity contribution < 1.29 is 37.2 Å². The second-order valence-electron chi connectivity index (χ2n) is 2.98. The number of carbonyl (C=O) groups is 1. The smallest absolute Gasteiger partial charge is 0.336 e. The zero-order valence-electron chi connectivity index (χ0n) is 7.90. The van der Waals surface area contributed by atoms with Crippen LogP contribution in [0.2, 0.25) is 5.02 Å². The maximum atomic E-state index is 10.9. The van der Waals surface area contributed by atoms with Gasteiger partial charge in [0.05, 0.1) is 5.56 Å². The van der Waals surface area contributed by atoms with Crippen LogP contribution in [-0.2, 0) is 27.3 Å². The summed E-state index contributed by atoms with van der Waals surface area (Å²) < 4.78 is 0. The Labute approximate surface area is 112 Å². The molecule has 0 fully saturated rings. The zero-order chi connectivity index (χ0) is 10.1. The minimum atomic E-state index is -0.933. The van der Waals surface area contributed by atoms with Gasteiger partial charge in [-0.3, -0.25) is 0 Å². The van der Waals surface area contributed by atoms with Gasteiger partial charge in [0.25, 0.3) is 0 Å². The predicted molar refractivity (Wildman–Crippen MR) is 55.9 cm³/mol. The number of fused-ring (bicyclic) bond motifs is 1.